The smallest absolute Gasteiger partial charge is 0.230 e. The van der Waals surface area contributed by atoms with Crippen molar-refractivity contribution in [3.63, 3.8) is 0 Å². The molecule has 7 nitrogen and oxygen atoms in total. The van der Waals surface area contributed by atoms with E-state index in [4.69, 9.17) is 11.0 Å². The third-order valence-corrected chi connectivity index (χ3v) is 4.86. The van der Waals surface area contributed by atoms with E-state index in [1.54, 1.807) is 24.7 Å². The van der Waals surface area contributed by atoms with Gasteiger partial charge in [0.1, 0.15) is 11.6 Å². The molecule has 1 saturated carbocycles. The van der Waals surface area contributed by atoms with E-state index in [1.165, 1.54) is 0 Å². The molecule has 0 unspecified atom stereocenters. The lowest BCUT2D eigenvalue weighted by Crippen LogP contribution is -2.15. The molecule has 27 heavy (non-hydrogen) atoms. The monoisotopic (exact) mass is 358 g/mol. The number of carbonyl (C=O) groups is 1. The van der Waals surface area contributed by atoms with Crippen molar-refractivity contribution >= 4 is 28.3 Å². The first-order valence-corrected chi connectivity index (χ1v) is 8.80. The van der Waals surface area contributed by atoms with Crippen molar-refractivity contribution in [3.8, 4) is 17.3 Å². The zero-order valence-corrected chi connectivity index (χ0v) is 14.8. The molecule has 0 radical (unpaired) electrons. The third-order valence-electron chi connectivity index (χ3n) is 4.86. The second-order valence-electron chi connectivity index (χ2n) is 6.64. The molecule has 1 amide bonds. The third kappa shape index (κ3) is 3.17. The van der Waals surface area contributed by atoms with Gasteiger partial charge in [-0.2, -0.15) is 5.26 Å². The zero-order valence-electron chi connectivity index (χ0n) is 14.8. The van der Waals surface area contributed by atoms with Gasteiger partial charge in [0, 0.05) is 29.5 Å². The van der Waals surface area contributed by atoms with Crippen LogP contribution in [0.3, 0.4) is 0 Å². The van der Waals surface area contributed by atoms with Gasteiger partial charge in [0.25, 0.3) is 0 Å². The summed E-state index contributed by atoms with van der Waals surface area (Å²) in [5.41, 5.74) is 8.94. The predicted octanol–water partition coefficient (Wildman–Crippen LogP) is 2.93. The van der Waals surface area contributed by atoms with Crippen LogP contribution in [0.4, 0.5) is 11.6 Å². The average Bonchev–Trinajstić information content (AvgIpc) is 3.47. The molecule has 0 saturated heterocycles. The van der Waals surface area contributed by atoms with E-state index < -0.39 is 0 Å². The van der Waals surface area contributed by atoms with Crippen LogP contribution in [0.25, 0.3) is 22.0 Å². The van der Waals surface area contributed by atoms with E-state index in [9.17, 15) is 4.79 Å². The molecule has 0 aromatic carbocycles. The highest BCUT2D eigenvalue weighted by Crippen LogP contribution is 2.38. The van der Waals surface area contributed by atoms with Crippen molar-refractivity contribution < 1.29 is 4.79 Å². The number of aromatic nitrogens is 3. The molecule has 2 atom stereocenters. The van der Waals surface area contributed by atoms with Gasteiger partial charge in [-0.25, -0.2) is 9.97 Å². The minimum Gasteiger partial charge on any atom is -0.383 e. The van der Waals surface area contributed by atoms with E-state index in [0.717, 1.165) is 34.0 Å². The van der Waals surface area contributed by atoms with Gasteiger partial charge >= 0.3 is 0 Å². The lowest BCUT2D eigenvalue weighted by molar-refractivity contribution is -0.117. The number of nitrogens with two attached hydrogens (primary N) is 1. The summed E-state index contributed by atoms with van der Waals surface area (Å²) in [5.74, 6) is 0.222. The number of anilines is 2. The van der Waals surface area contributed by atoms with Crippen molar-refractivity contribution in [1.82, 2.24) is 15.0 Å². The fourth-order valence-corrected chi connectivity index (χ4v) is 3.19. The molecule has 1 aliphatic rings. The largest absolute Gasteiger partial charge is 0.383 e. The number of hydrogen-bond donors (Lipinski definition) is 2. The Hall–Kier alpha value is -3.53. The number of pyridine rings is 3. The van der Waals surface area contributed by atoms with Crippen LogP contribution >= 0.6 is 0 Å². The Morgan fingerprint density at radius 3 is 3.00 bits per heavy atom. The second-order valence-corrected chi connectivity index (χ2v) is 6.64. The van der Waals surface area contributed by atoms with Gasteiger partial charge in [0.15, 0.2) is 0 Å². The number of nitrogens with one attached hydrogen (secondary N) is 1. The molecule has 1 aliphatic carbocycles. The number of fused-ring (bicyclic) bond motifs is 1. The Kier molecular flexibility index (Phi) is 4.16. The Morgan fingerprint density at radius 2 is 2.26 bits per heavy atom. The predicted molar refractivity (Wildman–Crippen MR) is 102 cm³/mol. The second kappa shape index (κ2) is 6.65. The lowest BCUT2D eigenvalue weighted by atomic mass is 10.0. The highest BCUT2D eigenvalue weighted by atomic mass is 16.2. The summed E-state index contributed by atoms with van der Waals surface area (Å²) in [6, 6.07) is 7.79. The number of carbonyl (C=O) groups excluding carboxylic acids is 1. The highest BCUT2D eigenvalue weighted by molar-refractivity contribution is 5.98. The Morgan fingerprint density at radius 1 is 1.41 bits per heavy atom. The van der Waals surface area contributed by atoms with E-state index in [1.807, 2.05) is 12.1 Å². The minimum atomic E-state index is -0.243. The molecule has 3 N–H and O–H groups in total. The van der Waals surface area contributed by atoms with Crippen LogP contribution in [0.5, 0.6) is 0 Å². The molecule has 4 rings (SSSR count). The average molecular weight is 358 g/mol. The molecule has 3 heterocycles. The van der Waals surface area contributed by atoms with Crippen LogP contribution in [-0.2, 0) is 11.2 Å². The Balaban J connectivity index is 1.70. The molecule has 0 bridgehead atoms. The maximum Gasteiger partial charge on any atom is 0.230 e. The van der Waals surface area contributed by atoms with Crippen LogP contribution in [-0.4, -0.2) is 20.9 Å². The molecule has 1 fully saturated rings. The zero-order chi connectivity index (χ0) is 19.0. The molecule has 3 aromatic heterocycles. The fraction of sp³-hybridized carbons (Fsp3) is 0.250. The summed E-state index contributed by atoms with van der Waals surface area (Å²) in [4.78, 5) is 25.1. The number of aryl methyl sites for hydroxylation is 1. The summed E-state index contributed by atoms with van der Waals surface area (Å²) in [5, 5.41) is 13.2. The summed E-state index contributed by atoms with van der Waals surface area (Å²) in [7, 11) is 0. The molecule has 3 aromatic rings. The normalized spacial score (nSPS) is 18.1. The first-order valence-electron chi connectivity index (χ1n) is 8.80. The molecular weight excluding hydrogens is 340 g/mol. The van der Waals surface area contributed by atoms with Gasteiger partial charge in [-0.3, -0.25) is 9.78 Å². The van der Waals surface area contributed by atoms with Gasteiger partial charge in [-0.05, 0) is 42.0 Å². The summed E-state index contributed by atoms with van der Waals surface area (Å²) in [6.07, 6.45) is 6.62. The van der Waals surface area contributed by atoms with E-state index in [-0.39, 0.29) is 17.7 Å². The topological polar surface area (TPSA) is 118 Å². The first kappa shape index (κ1) is 16.9. The standard InChI is InChI=1S/C20H18N6O/c1-2-11-3-4-23-9-15(11)17-6-12-7-18(24-10-16(12)19(22)25-17)26-20(27)14-5-13(14)8-21/h3-4,6-7,9-10,13-14H,2,5H2,1H3,(H2,22,25)(H,24,26,27)/t13-,14-/m1/s1. The summed E-state index contributed by atoms with van der Waals surface area (Å²) < 4.78 is 0. The Labute approximate surface area is 156 Å². The number of nitrogen functional groups attached to an aromatic ring is 1. The van der Waals surface area contributed by atoms with Crippen LogP contribution < -0.4 is 11.1 Å². The molecular formula is C20H18N6O. The number of nitriles is 1. The summed E-state index contributed by atoms with van der Waals surface area (Å²) in [6.45, 7) is 2.08. The van der Waals surface area contributed by atoms with Crippen molar-refractivity contribution in [2.45, 2.75) is 19.8 Å². The van der Waals surface area contributed by atoms with Crippen LogP contribution in [0.1, 0.15) is 18.9 Å². The molecule has 134 valence electrons. The van der Waals surface area contributed by atoms with Gasteiger partial charge in [-0.15, -0.1) is 0 Å². The quantitative estimate of drug-likeness (QED) is 0.740. The van der Waals surface area contributed by atoms with Gasteiger partial charge in [0.2, 0.25) is 5.91 Å². The van der Waals surface area contributed by atoms with Gasteiger partial charge in [0.05, 0.1) is 23.6 Å². The van der Waals surface area contributed by atoms with Crippen LogP contribution in [0.2, 0.25) is 0 Å². The minimum absolute atomic E-state index is 0.170. The lowest BCUT2D eigenvalue weighted by Gasteiger charge is -2.10. The van der Waals surface area contributed by atoms with Crippen molar-refractivity contribution in [2.24, 2.45) is 11.8 Å². The molecule has 0 spiro atoms. The van der Waals surface area contributed by atoms with Crippen molar-refractivity contribution in [2.75, 3.05) is 11.1 Å². The molecule has 7 heteroatoms. The fourth-order valence-electron chi connectivity index (χ4n) is 3.19. The maximum atomic E-state index is 12.2. The number of rotatable bonds is 4. The van der Waals surface area contributed by atoms with Crippen molar-refractivity contribution in [3.05, 3.63) is 42.4 Å². The number of nitrogens with zero attached hydrogens (tertiary/aromatic N) is 4. The highest BCUT2D eigenvalue weighted by Gasteiger charge is 2.43. The van der Waals surface area contributed by atoms with Crippen LogP contribution in [0, 0.1) is 23.2 Å². The van der Waals surface area contributed by atoms with E-state index in [2.05, 4.69) is 33.3 Å². The maximum absolute atomic E-state index is 12.2. The SMILES string of the molecule is CCc1ccncc1-c1cc2cc(NC(=O)[C@@H]3C[C@@H]3C#N)ncc2c(N)n1. The number of hydrogen-bond acceptors (Lipinski definition) is 6. The number of amides is 1. The first-order chi connectivity index (χ1) is 13.1. The molecule has 0 aliphatic heterocycles. The van der Waals surface area contributed by atoms with Crippen molar-refractivity contribution in [1.29, 1.82) is 5.26 Å². The van der Waals surface area contributed by atoms with Gasteiger partial charge < -0.3 is 11.1 Å². The van der Waals surface area contributed by atoms with E-state index in [0.29, 0.717) is 18.1 Å². The van der Waals surface area contributed by atoms with Crippen LogP contribution in [0.15, 0.2) is 36.8 Å². The van der Waals surface area contributed by atoms with E-state index >= 15 is 0 Å². The summed E-state index contributed by atoms with van der Waals surface area (Å²) >= 11 is 0. The Bertz CT molecular complexity index is 1090. The van der Waals surface area contributed by atoms with Gasteiger partial charge in [-0.1, -0.05) is 6.92 Å².